The third kappa shape index (κ3) is 2.75. The number of hydrogen-bond acceptors (Lipinski definition) is 2. The van der Waals surface area contributed by atoms with Crippen molar-refractivity contribution in [2.45, 2.75) is 26.2 Å². The molecule has 1 aromatic carbocycles. The van der Waals surface area contributed by atoms with Crippen LogP contribution in [-0.2, 0) is 9.59 Å². The van der Waals surface area contributed by atoms with Crippen LogP contribution in [0.5, 0.6) is 0 Å². The van der Waals surface area contributed by atoms with E-state index in [0.29, 0.717) is 24.1 Å². The number of carboxylic acids is 1. The summed E-state index contributed by atoms with van der Waals surface area (Å²) in [5.41, 5.74) is 0.766. The molecule has 1 amide bonds. The molecular formula is C14H16FNO3. The van der Waals surface area contributed by atoms with Gasteiger partial charge < -0.3 is 10.4 Å². The van der Waals surface area contributed by atoms with Crippen molar-refractivity contribution >= 4 is 17.6 Å². The molecule has 0 saturated heterocycles. The third-order valence-corrected chi connectivity index (χ3v) is 3.70. The molecule has 0 heterocycles. The molecule has 0 aliphatic heterocycles. The zero-order chi connectivity index (χ0) is 14.0. The van der Waals surface area contributed by atoms with E-state index < -0.39 is 17.8 Å². The number of carboxylic acid groups (broad SMARTS) is 1. The number of benzene rings is 1. The Morgan fingerprint density at radius 1 is 1.32 bits per heavy atom. The van der Waals surface area contributed by atoms with Crippen LogP contribution in [0.15, 0.2) is 18.2 Å². The van der Waals surface area contributed by atoms with E-state index in [0.717, 1.165) is 6.42 Å². The monoisotopic (exact) mass is 265 g/mol. The van der Waals surface area contributed by atoms with Crippen LogP contribution in [0.2, 0.25) is 0 Å². The van der Waals surface area contributed by atoms with Gasteiger partial charge in [-0.05, 0) is 31.9 Å². The summed E-state index contributed by atoms with van der Waals surface area (Å²) >= 11 is 0. The van der Waals surface area contributed by atoms with Gasteiger partial charge in [-0.2, -0.15) is 0 Å². The fraction of sp³-hybridized carbons (Fsp3) is 0.429. The van der Waals surface area contributed by atoms with Gasteiger partial charge in [0, 0.05) is 11.3 Å². The molecule has 1 aliphatic carbocycles. The van der Waals surface area contributed by atoms with E-state index in [1.165, 1.54) is 12.1 Å². The Balaban J connectivity index is 2.13. The molecule has 0 spiro atoms. The molecule has 1 saturated carbocycles. The van der Waals surface area contributed by atoms with Crippen molar-refractivity contribution in [3.8, 4) is 0 Å². The molecule has 0 unspecified atom stereocenters. The second-order valence-corrected chi connectivity index (χ2v) is 4.88. The molecule has 1 aliphatic rings. The maximum Gasteiger partial charge on any atom is 0.307 e. The Hall–Kier alpha value is -1.91. The number of carbonyl (C=O) groups is 2. The maximum atomic E-state index is 13.4. The molecule has 2 atom stereocenters. The summed E-state index contributed by atoms with van der Waals surface area (Å²) in [6.07, 6.45) is 1.82. The molecule has 2 rings (SSSR count). The molecule has 4 nitrogen and oxygen atoms in total. The minimum absolute atomic E-state index is 0.335. The van der Waals surface area contributed by atoms with Gasteiger partial charge in [0.15, 0.2) is 0 Å². The first-order valence-electron chi connectivity index (χ1n) is 6.29. The highest BCUT2D eigenvalue weighted by Crippen LogP contribution is 2.33. The van der Waals surface area contributed by atoms with Gasteiger partial charge in [0.05, 0.1) is 11.8 Å². The van der Waals surface area contributed by atoms with Gasteiger partial charge in [-0.3, -0.25) is 9.59 Å². The summed E-state index contributed by atoms with van der Waals surface area (Å²) in [4.78, 5) is 23.1. The SMILES string of the molecule is Cc1c(F)cccc1NC(=O)[C@@H]1CCC[C@@H]1C(=O)O. The lowest BCUT2D eigenvalue weighted by atomic mass is 9.95. The van der Waals surface area contributed by atoms with E-state index >= 15 is 0 Å². The van der Waals surface area contributed by atoms with Gasteiger partial charge in [-0.1, -0.05) is 12.5 Å². The van der Waals surface area contributed by atoms with Crippen molar-refractivity contribution in [3.63, 3.8) is 0 Å². The summed E-state index contributed by atoms with van der Waals surface area (Å²) < 4.78 is 13.4. The predicted molar refractivity (Wildman–Crippen MR) is 68.2 cm³/mol. The van der Waals surface area contributed by atoms with Crippen LogP contribution in [0.3, 0.4) is 0 Å². The summed E-state index contributed by atoms with van der Waals surface area (Å²) in [6, 6.07) is 4.45. The summed E-state index contributed by atoms with van der Waals surface area (Å²) in [5, 5.41) is 11.7. The lowest BCUT2D eigenvalue weighted by Crippen LogP contribution is -2.30. The Morgan fingerprint density at radius 3 is 2.68 bits per heavy atom. The van der Waals surface area contributed by atoms with Crippen LogP contribution in [0.25, 0.3) is 0 Å². The number of nitrogens with one attached hydrogen (secondary N) is 1. The second-order valence-electron chi connectivity index (χ2n) is 4.88. The number of amides is 1. The average Bonchev–Trinajstić information content (AvgIpc) is 2.84. The Kier molecular flexibility index (Phi) is 3.83. The van der Waals surface area contributed by atoms with Crippen molar-refractivity contribution in [1.29, 1.82) is 0 Å². The van der Waals surface area contributed by atoms with Crippen molar-refractivity contribution in [2.24, 2.45) is 11.8 Å². The van der Waals surface area contributed by atoms with Crippen molar-refractivity contribution in [3.05, 3.63) is 29.6 Å². The number of carbonyl (C=O) groups excluding carboxylic acids is 1. The number of halogens is 1. The van der Waals surface area contributed by atoms with E-state index in [-0.39, 0.29) is 11.7 Å². The minimum Gasteiger partial charge on any atom is -0.481 e. The van der Waals surface area contributed by atoms with E-state index in [4.69, 9.17) is 5.11 Å². The van der Waals surface area contributed by atoms with Gasteiger partial charge in [0.25, 0.3) is 0 Å². The van der Waals surface area contributed by atoms with Gasteiger partial charge in [0.1, 0.15) is 5.82 Å². The largest absolute Gasteiger partial charge is 0.481 e. The summed E-state index contributed by atoms with van der Waals surface area (Å²) in [5.74, 6) is -2.82. The average molecular weight is 265 g/mol. The normalized spacial score (nSPS) is 22.2. The van der Waals surface area contributed by atoms with Crippen LogP contribution in [0.1, 0.15) is 24.8 Å². The number of rotatable bonds is 3. The highest BCUT2D eigenvalue weighted by Gasteiger charge is 2.37. The summed E-state index contributed by atoms with van der Waals surface area (Å²) in [6.45, 7) is 1.58. The zero-order valence-electron chi connectivity index (χ0n) is 10.6. The Morgan fingerprint density at radius 2 is 2.00 bits per heavy atom. The predicted octanol–water partition coefficient (Wildman–Crippen LogP) is 2.57. The molecule has 0 bridgehead atoms. The van der Waals surface area contributed by atoms with Gasteiger partial charge in [-0.15, -0.1) is 0 Å². The first-order chi connectivity index (χ1) is 9.00. The van der Waals surface area contributed by atoms with Gasteiger partial charge in [0.2, 0.25) is 5.91 Å². The van der Waals surface area contributed by atoms with Gasteiger partial charge in [-0.25, -0.2) is 4.39 Å². The molecule has 2 N–H and O–H groups in total. The van der Waals surface area contributed by atoms with Crippen LogP contribution in [0, 0.1) is 24.6 Å². The number of anilines is 1. The molecule has 0 aromatic heterocycles. The smallest absolute Gasteiger partial charge is 0.307 e. The highest BCUT2D eigenvalue weighted by atomic mass is 19.1. The molecule has 102 valence electrons. The standard InChI is InChI=1S/C14H16FNO3/c1-8-11(15)6-3-7-12(8)16-13(17)9-4-2-5-10(9)14(18)19/h3,6-7,9-10H,2,4-5H2,1H3,(H,16,17)(H,18,19)/t9-,10+/m1/s1. The molecular weight excluding hydrogens is 249 g/mol. The molecule has 5 heteroatoms. The maximum absolute atomic E-state index is 13.4. The molecule has 19 heavy (non-hydrogen) atoms. The van der Waals surface area contributed by atoms with Crippen molar-refractivity contribution in [2.75, 3.05) is 5.32 Å². The molecule has 1 aromatic rings. The minimum atomic E-state index is -0.936. The first kappa shape index (κ1) is 13.5. The van der Waals surface area contributed by atoms with Crippen LogP contribution >= 0.6 is 0 Å². The van der Waals surface area contributed by atoms with E-state index in [2.05, 4.69) is 5.32 Å². The fourth-order valence-electron chi connectivity index (χ4n) is 2.54. The zero-order valence-corrected chi connectivity index (χ0v) is 10.6. The second kappa shape index (κ2) is 5.38. The highest BCUT2D eigenvalue weighted by molar-refractivity contribution is 5.95. The lowest BCUT2D eigenvalue weighted by molar-refractivity contribution is -0.145. The fourth-order valence-corrected chi connectivity index (χ4v) is 2.54. The Bertz CT molecular complexity index is 515. The van der Waals surface area contributed by atoms with E-state index in [9.17, 15) is 14.0 Å². The van der Waals surface area contributed by atoms with Crippen LogP contribution in [0.4, 0.5) is 10.1 Å². The van der Waals surface area contributed by atoms with Gasteiger partial charge >= 0.3 is 5.97 Å². The van der Waals surface area contributed by atoms with E-state index in [1.807, 2.05) is 0 Å². The van der Waals surface area contributed by atoms with Crippen molar-refractivity contribution in [1.82, 2.24) is 0 Å². The molecule has 0 radical (unpaired) electrons. The van der Waals surface area contributed by atoms with Crippen LogP contribution < -0.4 is 5.32 Å². The third-order valence-electron chi connectivity index (χ3n) is 3.70. The lowest BCUT2D eigenvalue weighted by Gasteiger charge is -2.16. The topological polar surface area (TPSA) is 66.4 Å². The Labute approximate surface area is 110 Å². The van der Waals surface area contributed by atoms with E-state index in [1.54, 1.807) is 13.0 Å². The number of aliphatic carboxylic acids is 1. The number of hydrogen-bond donors (Lipinski definition) is 2. The first-order valence-corrected chi connectivity index (χ1v) is 6.29. The quantitative estimate of drug-likeness (QED) is 0.882. The summed E-state index contributed by atoms with van der Waals surface area (Å²) in [7, 11) is 0. The molecule has 1 fully saturated rings. The van der Waals surface area contributed by atoms with Crippen molar-refractivity contribution < 1.29 is 19.1 Å². The van der Waals surface area contributed by atoms with Crippen LogP contribution in [-0.4, -0.2) is 17.0 Å².